The maximum Gasteiger partial charge on any atom is 0.251 e. The molecule has 2 aromatic carbocycles. The summed E-state index contributed by atoms with van der Waals surface area (Å²) >= 11 is 12.9. The predicted molar refractivity (Wildman–Crippen MR) is 125 cm³/mol. The van der Waals surface area contributed by atoms with Gasteiger partial charge in [0.15, 0.2) is 0 Å². The molecule has 5 atom stereocenters. The molecule has 2 aromatic rings. The molecule has 2 aliphatic rings. The third-order valence-electron chi connectivity index (χ3n) is 7.48. The van der Waals surface area contributed by atoms with E-state index in [2.05, 4.69) is 36.6 Å². The van der Waals surface area contributed by atoms with Gasteiger partial charge in [-0.2, -0.15) is 0 Å². The van der Waals surface area contributed by atoms with Crippen molar-refractivity contribution in [1.29, 1.82) is 0 Å². The SMILES string of the molecule is CC[C@@]12CC[C@@H](c3ccc(C(=O)NC)cc3Cl)[C@H](c3ccc(Cl)cc3)[C@@H]1[C@@H](C)NC2=O. The van der Waals surface area contributed by atoms with Crippen molar-refractivity contribution in [3.05, 3.63) is 69.2 Å². The zero-order chi connectivity index (χ0) is 22.3. The fourth-order valence-corrected chi connectivity index (χ4v) is 6.45. The Labute approximate surface area is 193 Å². The first-order valence-electron chi connectivity index (χ1n) is 10.9. The Hall–Kier alpha value is -2.04. The molecule has 1 saturated carbocycles. The van der Waals surface area contributed by atoms with Gasteiger partial charge in [0.2, 0.25) is 5.91 Å². The van der Waals surface area contributed by atoms with Gasteiger partial charge in [0.05, 0.1) is 5.41 Å². The second-order valence-electron chi connectivity index (χ2n) is 8.84. The molecule has 0 bridgehead atoms. The molecule has 0 aromatic heterocycles. The summed E-state index contributed by atoms with van der Waals surface area (Å²) in [5, 5.41) is 7.16. The van der Waals surface area contributed by atoms with Crippen LogP contribution in [0, 0.1) is 11.3 Å². The molecule has 0 unspecified atom stereocenters. The number of benzene rings is 2. The van der Waals surface area contributed by atoms with Crippen LogP contribution in [0.15, 0.2) is 42.5 Å². The maximum absolute atomic E-state index is 13.1. The first-order valence-corrected chi connectivity index (χ1v) is 11.7. The normalized spacial score (nSPS) is 29.9. The van der Waals surface area contributed by atoms with Gasteiger partial charge < -0.3 is 10.6 Å². The summed E-state index contributed by atoms with van der Waals surface area (Å²) < 4.78 is 0. The number of halogens is 2. The average Bonchev–Trinajstić information content (AvgIpc) is 3.03. The van der Waals surface area contributed by atoms with Gasteiger partial charge in [-0.15, -0.1) is 0 Å². The fourth-order valence-electron chi connectivity index (χ4n) is 6.01. The van der Waals surface area contributed by atoms with E-state index in [9.17, 15) is 9.59 Å². The lowest BCUT2D eigenvalue weighted by Crippen LogP contribution is -2.43. The van der Waals surface area contributed by atoms with Gasteiger partial charge in [0, 0.05) is 34.6 Å². The molecule has 4 nitrogen and oxygen atoms in total. The van der Waals surface area contributed by atoms with Crippen molar-refractivity contribution in [2.24, 2.45) is 11.3 Å². The largest absolute Gasteiger partial charge is 0.355 e. The van der Waals surface area contributed by atoms with Crippen LogP contribution >= 0.6 is 23.2 Å². The molecule has 2 fully saturated rings. The van der Waals surface area contributed by atoms with Crippen LogP contribution in [0.1, 0.15) is 66.4 Å². The van der Waals surface area contributed by atoms with E-state index in [0.29, 0.717) is 15.6 Å². The first kappa shape index (κ1) is 22.2. The highest BCUT2D eigenvalue weighted by atomic mass is 35.5. The van der Waals surface area contributed by atoms with E-state index in [1.807, 2.05) is 24.3 Å². The van der Waals surface area contributed by atoms with Crippen LogP contribution in [0.3, 0.4) is 0 Å². The van der Waals surface area contributed by atoms with Gasteiger partial charge in [-0.3, -0.25) is 9.59 Å². The van der Waals surface area contributed by atoms with E-state index in [1.165, 1.54) is 5.56 Å². The van der Waals surface area contributed by atoms with Crippen LogP contribution in [-0.2, 0) is 4.79 Å². The van der Waals surface area contributed by atoms with Crippen molar-refractivity contribution in [3.63, 3.8) is 0 Å². The summed E-state index contributed by atoms with van der Waals surface area (Å²) in [7, 11) is 1.61. The van der Waals surface area contributed by atoms with Gasteiger partial charge in [-0.1, -0.05) is 48.3 Å². The number of fused-ring (bicyclic) bond motifs is 1. The topological polar surface area (TPSA) is 58.2 Å². The van der Waals surface area contributed by atoms with Crippen LogP contribution in [0.4, 0.5) is 0 Å². The smallest absolute Gasteiger partial charge is 0.251 e. The van der Waals surface area contributed by atoms with E-state index in [0.717, 1.165) is 24.8 Å². The van der Waals surface area contributed by atoms with Crippen molar-refractivity contribution in [3.8, 4) is 0 Å². The quantitative estimate of drug-likeness (QED) is 0.630. The summed E-state index contributed by atoms with van der Waals surface area (Å²) in [6, 6.07) is 13.6. The highest BCUT2D eigenvalue weighted by Crippen LogP contribution is 2.60. The molecule has 164 valence electrons. The van der Waals surface area contributed by atoms with E-state index in [4.69, 9.17) is 23.2 Å². The second-order valence-corrected chi connectivity index (χ2v) is 9.68. The predicted octanol–water partition coefficient (Wildman–Crippen LogP) is 5.55. The molecule has 6 heteroatoms. The minimum absolute atomic E-state index is 0.0693. The zero-order valence-electron chi connectivity index (χ0n) is 18.0. The number of hydrogen-bond donors (Lipinski definition) is 2. The third-order valence-corrected chi connectivity index (χ3v) is 8.06. The number of carbonyl (C=O) groups excluding carboxylic acids is 2. The molecule has 4 rings (SSSR count). The molecule has 2 N–H and O–H groups in total. The third kappa shape index (κ3) is 3.64. The monoisotopic (exact) mass is 458 g/mol. The molecule has 0 spiro atoms. The van der Waals surface area contributed by atoms with Crippen molar-refractivity contribution >= 4 is 35.0 Å². The van der Waals surface area contributed by atoms with Crippen LogP contribution in [0.5, 0.6) is 0 Å². The van der Waals surface area contributed by atoms with Crippen LogP contribution in [-0.4, -0.2) is 24.9 Å². The van der Waals surface area contributed by atoms with Crippen molar-refractivity contribution < 1.29 is 9.59 Å². The lowest BCUT2D eigenvalue weighted by molar-refractivity contribution is -0.131. The lowest BCUT2D eigenvalue weighted by Gasteiger charge is -2.47. The minimum Gasteiger partial charge on any atom is -0.355 e. The minimum atomic E-state index is -0.366. The Kier molecular flexibility index (Phi) is 6.06. The molecule has 2 amide bonds. The molecule has 0 radical (unpaired) electrons. The summed E-state index contributed by atoms with van der Waals surface area (Å²) in [5.74, 6) is 0.427. The molecular formula is C25H28Cl2N2O2. The molecular weight excluding hydrogens is 431 g/mol. The highest BCUT2D eigenvalue weighted by molar-refractivity contribution is 6.32. The summed E-state index contributed by atoms with van der Waals surface area (Å²) in [6.07, 6.45) is 2.50. The molecule has 1 saturated heterocycles. The van der Waals surface area contributed by atoms with Gasteiger partial charge in [0.25, 0.3) is 5.91 Å². The number of carbonyl (C=O) groups is 2. The highest BCUT2D eigenvalue weighted by Gasteiger charge is 2.59. The fraction of sp³-hybridized carbons (Fsp3) is 0.440. The number of hydrogen-bond acceptors (Lipinski definition) is 2. The summed E-state index contributed by atoms with van der Waals surface area (Å²) in [6.45, 7) is 4.23. The Balaban J connectivity index is 1.83. The van der Waals surface area contributed by atoms with E-state index in [-0.39, 0.29) is 41.0 Å². The second kappa shape index (κ2) is 8.48. The molecule has 1 aliphatic carbocycles. The van der Waals surface area contributed by atoms with Crippen LogP contribution < -0.4 is 10.6 Å². The lowest BCUT2D eigenvalue weighted by atomic mass is 9.54. The van der Waals surface area contributed by atoms with Gasteiger partial charge in [-0.25, -0.2) is 0 Å². The number of amides is 2. The Bertz CT molecular complexity index is 1010. The average molecular weight is 459 g/mol. The molecule has 31 heavy (non-hydrogen) atoms. The standard InChI is InChI=1S/C25H28Cl2N2O2/c1-4-25-12-11-19(18-10-7-16(13-20(18)27)23(30)28-3)21(15-5-8-17(26)9-6-15)22(25)14(2)29-24(25)31/h5-10,13-14,19,21-22H,4,11-12H2,1-3H3,(H,28,30)(H,29,31)/t14-,19+,21+,22+,25-/m1/s1. The van der Waals surface area contributed by atoms with E-state index >= 15 is 0 Å². The van der Waals surface area contributed by atoms with Crippen molar-refractivity contribution in [2.45, 2.75) is 51.0 Å². The Morgan fingerprint density at radius 2 is 1.90 bits per heavy atom. The molecule has 1 heterocycles. The van der Waals surface area contributed by atoms with Crippen molar-refractivity contribution in [2.75, 3.05) is 7.05 Å². The number of rotatable bonds is 4. The summed E-state index contributed by atoms with van der Waals surface area (Å²) in [5.41, 5.74) is 2.38. The Morgan fingerprint density at radius 3 is 2.52 bits per heavy atom. The molecule has 1 aliphatic heterocycles. The Morgan fingerprint density at radius 1 is 1.19 bits per heavy atom. The van der Waals surface area contributed by atoms with Crippen molar-refractivity contribution in [1.82, 2.24) is 10.6 Å². The van der Waals surface area contributed by atoms with E-state index in [1.54, 1.807) is 13.1 Å². The summed E-state index contributed by atoms with van der Waals surface area (Å²) in [4.78, 5) is 25.1. The first-order chi connectivity index (χ1) is 14.8. The van der Waals surface area contributed by atoms with Gasteiger partial charge in [-0.05, 0) is 73.4 Å². The van der Waals surface area contributed by atoms with Crippen LogP contribution in [0.2, 0.25) is 10.0 Å². The number of nitrogens with one attached hydrogen (secondary N) is 2. The van der Waals surface area contributed by atoms with Gasteiger partial charge in [0.1, 0.15) is 0 Å². The van der Waals surface area contributed by atoms with Gasteiger partial charge >= 0.3 is 0 Å². The zero-order valence-corrected chi connectivity index (χ0v) is 19.6. The maximum atomic E-state index is 13.1. The van der Waals surface area contributed by atoms with E-state index < -0.39 is 0 Å². The van der Waals surface area contributed by atoms with Crippen LogP contribution in [0.25, 0.3) is 0 Å².